The Morgan fingerprint density at radius 3 is 2.89 bits per heavy atom. The maximum absolute atomic E-state index is 13.8. The number of nitrogens with zero attached hydrogens (tertiary/aromatic N) is 1. The molecule has 0 bridgehead atoms. The average molecular weight is 416 g/mol. The molecule has 1 aliphatic heterocycles. The smallest absolute Gasteiger partial charge is 0.260 e. The zero-order chi connectivity index (χ0) is 22.8. The number of hydrogen-bond donors (Lipinski definition) is 2. The summed E-state index contributed by atoms with van der Waals surface area (Å²) in [6.07, 6.45) is 1.12. The third kappa shape index (κ3) is 4.43. The highest BCUT2D eigenvalue weighted by molar-refractivity contribution is 7.89. The average Bonchev–Trinajstić information content (AvgIpc) is 3.15. The first-order valence-corrected chi connectivity index (χ1v) is 9.48. The fraction of sp³-hybridized carbons (Fsp3) is 0.294. The molecule has 1 aromatic heterocycles. The first kappa shape index (κ1) is 16.3. The van der Waals surface area contributed by atoms with Crippen LogP contribution in [0.15, 0.2) is 35.4 Å². The van der Waals surface area contributed by atoms with E-state index < -0.39 is 57.8 Å². The molecular weight excluding hydrogens is 396 g/mol. The van der Waals surface area contributed by atoms with Gasteiger partial charge in [-0.3, -0.25) is 4.79 Å². The van der Waals surface area contributed by atoms with Gasteiger partial charge in [-0.05, 0) is 24.6 Å². The minimum absolute atomic E-state index is 0.183. The molecule has 1 saturated heterocycles. The minimum Gasteiger partial charge on any atom is -0.496 e. The van der Waals surface area contributed by atoms with Gasteiger partial charge in [0.15, 0.2) is 11.6 Å². The van der Waals surface area contributed by atoms with E-state index in [9.17, 15) is 22.0 Å². The number of ether oxygens (including phenoxy) is 2. The van der Waals surface area contributed by atoms with Crippen LogP contribution in [-0.4, -0.2) is 45.6 Å². The standard InChI is InChI=1S/C17H17F2N3O5S/c1-26-15-3-2-12(28(24,25)22-11-4-5-27-9-11)7-13(15)17(23)21-16-14(19)6-10(18)8-20-16/h2-3,6-8,11,22H,4-5,9H2,1H3,(H,20,21,23)/t11-/m0/s1/i1D3. The Labute approximate surface area is 164 Å². The second kappa shape index (κ2) is 8.17. The second-order valence-corrected chi connectivity index (χ2v) is 7.59. The topological polar surface area (TPSA) is 107 Å². The van der Waals surface area contributed by atoms with Crippen LogP contribution >= 0.6 is 0 Å². The van der Waals surface area contributed by atoms with Crippen molar-refractivity contribution in [2.24, 2.45) is 0 Å². The van der Waals surface area contributed by atoms with Crippen LogP contribution in [0, 0.1) is 11.6 Å². The van der Waals surface area contributed by atoms with Crippen molar-refractivity contribution in [3.63, 3.8) is 0 Å². The molecule has 2 aromatic rings. The van der Waals surface area contributed by atoms with Crippen LogP contribution in [0.3, 0.4) is 0 Å². The van der Waals surface area contributed by atoms with Gasteiger partial charge in [-0.2, -0.15) is 0 Å². The second-order valence-electron chi connectivity index (χ2n) is 5.88. The number of halogens is 2. The van der Waals surface area contributed by atoms with Gasteiger partial charge >= 0.3 is 0 Å². The zero-order valence-corrected chi connectivity index (χ0v) is 15.1. The first-order chi connectivity index (χ1) is 14.4. The van der Waals surface area contributed by atoms with Crippen molar-refractivity contribution in [2.45, 2.75) is 17.4 Å². The van der Waals surface area contributed by atoms with Gasteiger partial charge in [0.1, 0.15) is 11.6 Å². The lowest BCUT2D eigenvalue weighted by Gasteiger charge is -2.14. The first-order valence-electron chi connectivity index (χ1n) is 9.50. The van der Waals surface area contributed by atoms with Crippen molar-refractivity contribution in [3.05, 3.63) is 47.7 Å². The molecule has 2 heterocycles. The number of aromatic nitrogens is 1. The van der Waals surface area contributed by atoms with Gasteiger partial charge in [0.2, 0.25) is 10.0 Å². The molecule has 3 rings (SSSR count). The normalized spacial score (nSPS) is 18.8. The van der Waals surface area contributed by atoms with Gasteiger partial charge in [0, 0.05) is 18.7 Å². The van der Waals surface area contributed by atoms with Crippen LogP contribution in [0.4, 0.5) is 14.6 Å². The van der Waals surface area contributed by atoms with Crippen LogP contribution < -0.4 is 14.8 Å². The van der Waals surface area contributed by atoms with Crippen LogP contribution in [-0.2, 0) is 14.8 Å². The van der Waals surface area contributed by atoms with E-state index in [0.717, 1.165) is 18.2 Å². The van der Waals surface area contributed by atoms with Crippen molar-refractivity contribution in [3.8, 4) is 5.75 Å². The number of hydrogen-bond acceptors (Lipinski definition) is 6. The lowest BCUT2D eigenvalue weighted by atomic mass is 10.2. The zero-order valence-electron chi connectivity index (χ0n) is 17.2. The summed E-state index contributed by atoms with van der Waals surface area (Å²) in [7, 11) is -7.04. The van der Waals surface area contributed by atoms with Crippen molar-refractivity contribution < 1.29 is 35.6 Å². The number of methoxy groups -OCH3 is 1. The fourth-order valence-electron chi connectivity index (χ4n) is 2.54. The number of amides is 1. The van der Waals surface area contributed by atoms with Gasteiger partial charge in [-0.25, -0.2) is 26.9 Å². The van der Waals surface area contributed by atoms with E-state index in [1.54, 1.807) is 0 Å². The van der Waals surface area contributed by atoms with Gasteiger partial charge in [0.25, 0.3) is 5.91 Å². The number of carbonyl (C=O) groups is 1. The van der Waals surface area contributed by atoms with Crippen LogP contribution in [0.25, 0.3) is 0 Å². The Morgan fingerprint density at radius 2 is 2.21 bits per heavy atom. The largest absolute Gasteiger partial charge is 0.496 e. The lowest BCUT2D eigenvalue weighted by Crippen LogP contribution is -2.35. The Kier molecular flexibility index (Phi) is 4.76. The molecule has 2 N–H and O–H groups in total. The van der Waals surface area contributed by atoms with Crippen molar-refractivity contribution in [1.29, 1.82) is 0 Å². The van der Waals surface area contributed by atoms with E-state index in [2.05, 4.69) is 9.71 Å². The highest BCUT2D eigenvalue weighted by atomic mass is 32.2. The van der Waals surface area contributed by atoms with Gasteiger partial charge < -0.3 is 14.8 Å². The highest BCUT2D eigenvalue weighted by Crippen LogP contribution is 2.24. The summed E-state index contributed by atoms with van der Waals surface area (Å²) in [5.41, 5.74) is -0.507. The molecule has 1 atom stereocenters. The van der Waals surface area contributed by atoms with Crippen molar-refractivity contribution >= 4 is 21.7 Å². The molecule has 1 fully saturated rings. The van der Waals surface area contributed by atoms with Crippen LogP contribution in [0.2, 0.25) is 0 Å². The van der Waals surface area contributed by atoms with Gasteiger partial charge in [-0.15, -0.1) is 0 Å². The van der Waals surface area contributed by atoms with Crippen LogP contribution in [0.1, 0.15) is 20.9 Å². The quantitative estimate of drug-likeness (QED) is 0.742. The lowest BCUT2D eigenvalue weighted by molar-refractivity contribution is 0.102. The predicted molar refractivity (Wildman–Crippen MR) is 94.6 cm³/mol. The van der Waals surface area contributed by atoms with Crippen molar-refractivity contribution in [1.82, 2.24) is 9.71 Å². The number of pyridine rings is 1. The molecule has 0 spiro atoms. The fourth-order valence-corrected chi connectivity index (χ4v) is 3.82. The van der Waals surface area contributed by atoms with E-state index >= 15 is 0 Å². The van der Waals surface area contributed by atoms with E-state index in [-0.39, 0.29) is 11.5 Å². The van der Waals surface area contributed by atoms with Crippen LogP contribution in [0.5, 0.6) is 5.75 Å². The number of nitrogens with one attached hydrogen (secondary N) is 2. The molecular formula is C17H17F2N3O5S. The van der Waals surface area contributed by atoms with E-state index in [1.165, 1.54) is 0 Å². The Hall–Kier alpha value is -2.63. The van der Waals surface area contributed by atoms with Gasteiger partial charge in [-0.1, -0.05) is 0 Å². The van der Waals surface area contributed by atoms with E-state index in [1.807, 2.05) is 5.32 Å². The number of rotatable bonds is 6. The summed E-state index contributed by atoms with van der Waals surface area (Å²) in [4.78, 5) is 15.7. The molecule has 0 radical (unpaired) electrons. The Morgan fingerprint density at radius 1 is 1.39 bits per heavy atom. The molecule has 0 aliphatic carbocycles. The maximum atomic E-state index is 13.8. The summed E-state index contributed by atoms with van der Waals surface area (Å²) in [5, 5.41) is 2.04. The molecule has 0 saturated carbocycles. The molecule has 8 nitrogen and oxygen atoms in total. The molecule has 1 aliphatic rings. The summed E-state index contributed by atoms with van der Waals surface area (Å²) in [5.74, 6) is -4.38. The summed E-state index contributed by atoms with van der Waals surface area (Å²) in [6, 6.07) is 2.97. The summed E-state index contributed by atoms with van der Waals surface area (Å²) < 4.78 is 86.2. The predicted octanol–water partition coefficient (Wildman–Crippen LogP) is 1.69. The summed E-state index contributed by atoms with van der Waals surface area (Å²) >= 11 is 0. The van der Waals surface area contributed by atoms with Gasteiger partial charge in [0.05, 0.1) is 34.4 Å². The SMILES string of the molecule is [2H]C([2H])([2H])Oc1ccc(S(=O)(=O)N[C@H]2CCOC2)cc1C(=O)Nc1ncc(F)cc1F. The number of sulfonamides is 1. The molecule has 1 amide bonds. The van der Waals surface area contributed by atoms with Crippen molar-refractivity contribution in [2.75, 3.05) is 25.6 Å². The molecule has 0 unspecified atom stereocenters. The third-order valence-corrected chi connectivity index (χ3v) is 5.43. The number of benzene rings is 1. The Balaban J connectivity index is 1.96. The number of anilines is 1. The third-order valence-electron chi connectivity index (χ3n) is 3.91. The minimum atomic E-state index is -4.09. The monoisotopic (exact) mass is 416 g/mol. The Bertz CT molecular complexity index is 1090. The van der Waals surface area contributed by atoms with E-state index in [4.69, 9.17) is 13.6 Å². The molecule has 28 heavy (non-hydrogen) atoms. The van der Waals surface area contributed by atoms with E-state index in [0.29, 0.717) is 25.3 Å². The molecule has 1 aromatic carbocycles. The number of carbonyl (C=O) groups excluding carboxylic acids is 1. The molecule has 150 valence electrons. The highest BCUT2D eigenvalue weighted by Gasteiger charge is 2.25. The molecule has 11 heteroatoms. The maximum Gasteiger partial charge on any atom is 0.260 e. The summed E-state index contributed by atoms with van der Waals surface area (Å²) in [6.45, 7) is 0.574.